The minimum Gasteiger partial charge on any atom is -0.391 e. The van der Waals surface area contributed by atoms with Gasteiger partial charge in [0.05, 0.1) is 11.6 Å². The lowest BCUT2D eigenvalue weighted by atomic mass is 10.1. The summed E-state index contributed by atoms with van der Waals surface area (Å²) in [7, 11) is 0. The molecule has 4 heteroatoms. The number of thiazole rings is 1. The molecular formula is C10H18N2OS. The van der Waals surface area contributed by atoms with Gasteiger partial charge < -0.3 is 10.4 Å². The summed E-state index contributed by atoms with van der Waals surface area (Å²) in [6.07, 6.45) is 2.17. The summed E-state index contributed by atoms with van der Waals surface area (Å²) in [6, 6.07) is 0. The molecule has 0 saturated carbocycles. The van der Waals surface area contributed by atoms with Crippen molar-refractivity contribution in [2.75, 3.05) is 6.54 Å². The van der Waals surface area contributed by atoms with E-state index in [1.54, 1.807) is 16.8 Å². The van der Waals surface area contributed by atoms with E-state index in [4.69, 9.17) is 0 Å². The Morgan fingerprint density at radius 2 is 2.29 bits per heavy atom. The van der Waals surface area contributed by atoms with Crippen molar-refractivity contribution in [1.29, 1.82) is 0 Å². The zero-order valence-corrected chi connectivity index (χ0v) is 9.77. The highest BCUT2D eigenvalue weighted by molar-refractivity contribution is 7.09. The number of hydrogen-bond donors (Lipinski definition) is 2. The van der Waals surface area contributed by atoms with Gasteiger partial charge in [0.2, 0.25) is 0 Å². The normalized spacial score (nSPS) is 14.3. The Balaban J connectivity index is 2.26. The Kier molecular flexibility index (Phi) is 4.04. The van der Waals surface area contributed by atoms with Crippen molar-refractivity contribution in [3.63, 3.8) is 0 Å². The molecule has 0 aliphatic heterocycles. The monoisotopic (exact) mass is 214 g/mol. The lowest BCUT2D eigenvalue weighted by Crippen LogP contribution is -2.41. The average Bonchev–Trinajstić information content (AvgIpc) is 2.52. The molecule has 0 amide bonds. The molecule has 3 nitrogen and oxygen atoms in total. The second-order valence-corrected chi connectivity index (χ2v) is 5.43. The van der Waals surface area contributed by atoms with Crippen molar-refractivity contribution in [3.05, 3.63) is 16.6 Å². The predicted octanol–water partition coefficient (Wildman–Crippen LogP) is 1.43. The van der Waals surface area contributed by atoms with Gasteiger partial charge in [-0.2, -0.15) is 0 Å². The molecule has 80 valence electrons. The van der Waals surface area contributed by atoms with E-state index in [1.165, 1.54) is 0 Å². The summed E-state index contributed by atoms with van der Waals surface area (Å²) in [5.74, 6) is 0. The third-order valence-corrected chi connectivity index (χ3v) is 2.59. The Morgan fingerprint density at radius 1 is 1.57 bits per heavy atom. The minimum atomic E-state index is -0.324. The van der Waals surface area contributed by atoms with Gasteiger partial charge in [-0.15, -0.1) is 11.3 Å². The molecule has 2 N–H and O–H groups in total. The van der Waals surface area contributed by atoms with E-state index in [9.17, 15) is 5.11 Å². The molecule has 1 aromatic heterocycles. The Labute approximate surface area is 89.2 Å². The van der Waals surface area contributed by atoms with Crippen molar-refractivity contribution in [1.82, 2.24) is 10.3 Å². The summed E-state index contributed by atoms with van der Waals surface area (Å²) < 4.78 is 0. The highest BCUT2D eigenvalue weighted by Crippen LogP contribution is 2.08. The maximum absolute atomic E-state index is 9.70. The number of aliphatic hydroxyl groups excluding tert-OH is 1. The minimum absolute atomic E-state index is 0.0642. The van der Waals surface area contributed by atoms with Crippen LogP contribution in [0.15, 0.2) is 11.7 Å². The molecule has 0 aliphatic rings. The fourth-order valence-electron chi connectivity index (χ4n) is 1.07. The van der Waals surface area contributed by atoms with E-state index in [0.717, 1.165) is 4.88 Å². The Hall–Kier alpha value is -0.450. The van der Waals surface area contributed by atoms with Crippen LogP contribution in [-0.4, -0.2) is 28.3 Å². The van der Waals surface area contributed by atoms with Crippen LogP contribution in [-0.2, 0) is 6.42 Å². The van der Waals surface area contributed by atoms with Crippen molar-refractivity contribution < 1.29 is 5.11 Å². The van der Waals surface area contributed by atoms with Crippen LogP contribution in [0.1, 0.15) is 25.6 Å². The highest BCUT2D eigenvalue weighted by atomic mass is 32.1. The largest absolute Gasteiger partial charge is 0.391 e. The van der Waals surface area contributed by atoms with E-state index in [2.05, 4.69) is 31.1 Å². The van der Waals surface area contributed by atoms with Crippen LogP contribution in [0.3, 0.4) is 0 Å². The number of rotatable bonds is 4. The summed E-state index contributed by atoms with van der Waals surface area (Å²) in [6.45, 7) is 6.90. The molecule has 0 aliphatic carbocycles. The van der Waals surface area contributed by atoms with Crippen LogP contribution in [0.5, 0.6) is 0 Å². The van der Waals surface area contributed by atoms with E-state index in [0.29, 0.717) is 13.0 Å². The fraction of sp³-hybridized carbons (Fsp3) is 0.700. The first kappa shape index (κ1) is 11.6. The average molecular weight is 214 g/mol. The topological polar surface area (TPSA) is 45.1 Å². The lowest BCUT2D eigenvalue weighted by molar-refractivity contribution is 0.162. The molecule has 0 fully saturated rings. The van der Waals surface area contributed by atoms with Crippen LogP contribution in [0.25, 0.3) is 0 Å². The van der Waals surface area contributed by atoms with E-state index < -0.39 is 0 Å². The third kappa shape index (κ3) is 4.69. The molecular weight excluding hydrogens is 196 g/mol. The molecule has 0 saturated heterocycles. The standard InChI is InChI=1S/C10H18N2OS/c1-10(2,3)12-5-8(13)4-9-6-11-7-14-9/h6-8,12-13H,4-5H2,1-3H3. The smallest absolute Gasteiger partial charge is 0.0794 e. The van der Waals surface area contributed by atoms with Crippen LogP contribution in [0.2, 0.25) is 0 Å². The molecule has 0 aromatic carbocycles. The molecule has 14 heavy (non-hydrogen) atoms. The number of β-amino-alcohol motifs (C(OH)–C–C–N with tert-alkyl or cyclic N) is 1. The number of aromatic nitrogens is 1. The van der Waals surface area contributed by atoms with Gasteiger partial charge in [0.15, 0.2) is 0 Å². The number of aliphatic hydroxyl groups is 1. The van der Waals surface area contributed by atoms with Gasteiger partial charge in [-0.3, -0.25) is 4.98 Å². The first-order valence-electron chi connectivity index (χ1n) is 4.78. The van der Waals surface area contributed by atoms with Crippen molar-refractivity contribution in [2.45, 2.75) is 38.8 Å². The van der Waals surface area contributed by atoms with Gasteiger partial charge in [0.25, 0.3) is 0 Å². The maximum atomic E-state index is 9.70. The van der Waals surface area contributed by atoms with Crippen molar-refractivity contribution in [2.24, 2.45) is 0 Å². The quantitative estimate of drug-likeness (QED) is 0.797. The Bertz CT molecular complexity index is 254. The number of nitrogens with one attached hydrogen (secondary N) is 1. The van der Waals surface area contributed by atoms with Crippen LogP contribution >= 0.6 is 11.3 Å². The van der Waals surface area contributed by atoms with E-state index in [-0.39, 0.29) is 11.6 Å². The summed E-state index contributed by atoms with van der Waals surface area (Å²) in [4.78, 5) is 5.10. The van der Waals surface area contributed by atoms with Gasteiger partial charge in [-0.25, -0.2) is 0 Å². The highest BCUT2D eigenvalue weighted by Gasteiger charge is 2.12. The van der Waals surface area contributed by atoms with Gasteiger partial charge >= 0.3 is 0 Å². The van der Waals surface area contributed by atoms with Crippen LogP contribution in [0, 0.1) is 0 Å². The molecule has 1 heterocycles. The van der Waals surface area contributed by atoms with Crippen LogP contribution < -0.4 is 5.32 Å². The van der Waals surface area contributed by atoms with Crippen molar-refractivity contribution in [3.8, 4) is 0 Å². The van der Waals surface area contributed by atoms with Gasteiger partial charge in [0, 0.05) is 29.6 Å². The zero-order valence-electron chi connectivity index (χ0n) is 8.95. The second kappa shape index (κ2) is 4.87. The number of hydrogen-bond acceptors (Lipinski definition) is 4. The first-order chi connectivity index (χ1) is 6.47. The SMILES string of the molecule is CC(C)(C)NCC(O)Cc1cncs1. The zero-order chi connectivity index (χ0) is 10.6. The fourth-order valence-corrected chi connectivity index (χ4v) is 1.74. The molecule has 0 radical (unpaired) electrons. The summed E-state index contributed by atoms with van der Waals surface area (Å²) in [5.41, 5.74) is 1.86. The van der Waals surface area contributed by atoms with Gasteiger partial charge in [-0.1, -0.05) is 0 Å². The Morgan fingerprint density at radius 3 is 2.79 bits per heavy atom. The van der Waals surface area contributed by atoms with Crippen molar-refractivity contribution >= 4 is 11.3 Å². The lowest BCUT2D eigenvalue weighted by Gasteiger charge is -2.22. The predicted molar refractivity (Wildman–Crippen MR) is 59.6 cm³/mol. The van der Waals surface area contributed by atoms with Gasteiger partial charge in [0.1, 0.15) is 0 Å². The number of nitrogens with zero attached hydrogens (tertiary/aromatic N) is 1. The molecule has 1 atom stereocenters. The first-order valence-corrected chi connectivity index (χ1v) is 5.66. The van der Waals surface area contributed by atoms with Gasteiger partial charge in [-0.05, 0) is 20.8 Å². The summed E-state index contributed by atoms with van der Waals surface area (Å²) in [5, 5.41) is 13.0. The molecule has 1 rings (SSSR count). The third-order valence-electron chi connectivity index (χ3n) is 1.79. The van der Waals surface area contributed by atoms with E-state index in [1.807, 2.05) is 6.20 Å². The summed E-state index contributed by atoms with van der Waals surface area (Å²) >= 11 is 1.59. The second-order valence-electron chi connectivity index (χ2n) is 4.46. The molecule has 0 spiro atoms. The molecule has 0 bridgehead atoms. The maximum Gasteiger partial charge on any atom is 0.0794 e. The van der Waals surface area contributed by atoms with E-state index >= 15 is 0 Å². The molecule has 1 unspecified atom stereocenters. The molecule has 1 aromatic rings. The van der Waals surface area contributed by atoms with Crippen LogP contribution in [0.4, 0.5) is 0 Å².